The topological polar surface area (TPSA) is 38.5 Å². The first-order chi connectivity index (χ1) is 8.65. The molecular formula is C15H24N2O. The van der Waals surface area contributed by atoms with Gasteiger partial charge in [0.1, 0.15) is 5.75 Å². The first-order valence-electron chi connectivity index (χ1n) is 6.73. The maximum Gasteiger partial charge on any atom is 0.123 e. The lowest BCUT2D eigenvalue weighted by Gasteiger charge is -2.26. The molecule has 2 rings (SSSR count). The second-order valence-corrected chi connectivity index (χ2v) is 5.35. The summed E-state index contributed by atoms with van der Waals surface area (Å²) >= 11 is 0. The second-order valence-electron chi connectivity index (χ2n) is 5.35. The van der Waals surface area contributed by atoms with Gasteiger partial charge in [0.05, 0.1) is 7.11 Å². The fourth-order valence-corrected chi connectivity index (χ4v) is 2.91. The van der Waals surface area contributed by atoms with Crippen molar-refractivity contribution in [1.29, 1.82) is 0 Å². The Kier molecular flexibility index (Phi) is 4.25. The largest absolute Gasteiger partial charge is 0.496 e. The van der Waals surface area contributed by atoms with Gasteiger partial charge in [0, 0.05) is 24.7 Å². The van der Waals surface area contributed by atoms with Crippen molar-refractivity contribution in [2.75, 3.05) is 20.2 Å². The van der Waals surface area contributed by atoms with Crippen LogP contribution in [0.5, 0.6) is 5.75 Å². The van der Waals surface area contributed by atoms with E-state index < -0.39 is 0 Å². The summed E-state index contributed by atoms with van der Waals surface area (Å²) in [6.45, 7) is 7.24. The van der Waals surface area contributed by atoms with Crippen LogP contribution < -0.4 is 10.5 Å². The highest BCUT2D eigenvalue weighted by molar-refractivity contribution is 5.36. The van der Waals surface area contributed by atoms with Gasteiger partial charge in [-0.2, -0.15) is 0 Å². The predicted molar refractivity (Wildman–Crippen MR) is 74.8 cm³/mol. The van der Waals surface area contributed by atoms with E-state index in [0.29, 0.717) is 12.0 Å². The van der Waals surface area contributed by atoms with Crippen molar-refractivity contribution in [1.82, 2.24) is 4.90 Å². The average molecular weight is 248 g/mol. The molecule has 1 aromatic rings. The molecule has 3 nitrogen and oxygen atoms in total. The van der Waals surface area contributed by atoms with Gasteiger partial charge >= 0.3 is 0 Å². The normalized spacial score (nSPS) is 24.4. The van der Waals surface area contributed by atoms with Crippen LogP contribution >= 0.6 is 0 Å². The summed E-state index contributed by atoms with van der Waals surface area (Å²) in [4.78, 5) is 2.49. The quantitative estimate of drug-likeness (QED) is 0.887. The van der Waals surface area contributed by atoms with Crippen molar-refractivity contribution >= 4 is 0 Å². The van der Waals surface area contributed by atoms with Gasteiger partial charge in [-0.1, -0.05) is 24.6 Å². The van der Waals surface area contributed by atoms with Gasteiger partial charge in [0.2, 0.25) is 0 Å². The number of rotatable bonds is 4. The molecule has 1 heterocycles. The highest BCUT2D eigenvalue weighted by atomic mass is 16.5. The van der Waals surface area contributed by atoms with Crippen LogP contribution in [-0.4, -0.2) is 31.1 Å². The lowest BCUT2D eigenvalue weighted by molar-refractivity contribution is 0.225. The molecule has 100 valence electrons. The summed E-state index contributed by atoms with van der Waals surface area (Å²) in [5.74, 6) is 1.68. The molecular weight excluding hydrogens is 224 g/mol. The first-order valence-corrected chi connectivity index (χ1v) is 6.73. The summed E-state index contributed by atoms with van der Waals surface area (Å²) in [6.07, 6.45) is 1.25. The molecule has 18 heavy (non-hydrogen) atoms. The smallest absolute Gasteiger partial charge is 0.123 e. The van der Waals surface area contributed by atoms with E-state index in [9.17, 15) is 0 Å². The molecule has 1 aromatic carbocycles. The van der Waals surface area contributed by atoms with E-state index in [1.54, 1.807) is 7.11 Å². The van der Waals surface area contributed by atoms with Gasteiger partial charge in [0.25, 0.3) is 0 Å². The molecule has 1 aliphatic rings. The molecule has 0 spiro atoms. The van der Waals surface area contributed by atoms with E-state index in [4.69, 9.17) is 10.5 Å². The van der Waals surface area contributed by atoms with Crippen LogP contribution in [0.3, 0.4) is 0 Å². The summed E-state index contributed by atoms with van der Waals surface area (Å²) in [6, 6.07) is 6.88. The van der Waals surface area contributed by atoms with Crippen molar-refractivity contribution in [2.45, 2.75) is 32.9 Å². The zero-order chi connectivity index (χ0) is 13.1. The minimum absolute atomic E-state index is 0.509. The molecule has 0 radical (unpaired) electrons. The highest BCUT2D eigenvalue weighted by Crippen LogP contribution is 2.28. The number of hydrogen-bond donors (Lipinski definition) is 1. The van der Waals surface area contributed by atoms with Crippen LogP contribution in [0.1, 0.15) is 24.5 Å². The number of likely N-dealkylation sites (tertiary alicyclic amines) is 1. The SMILES string of the molecule is COc1ccc(C)cc1CN1CCC(C)C1CN. The lowest BCUT2D eigenvalue weighted by atomic mass is 10.0. The molecule has 0 saturated carbocycles. The minimum atomic E-state index is 0.509. The van der Waals surface area contributed by atoms with Gasteiger partial charge in [0.15, 0.2) is 0 Å². The van der Waals surface area contributed by atoms with Crippen molar-refractivity contribution in [3.05, 3.63) is 29.3 Å². The fourth-order valence-electron chi connectivity index (χ4n) is 2.91. The van der Waals surface area contributed by atoms with Crippen LogP contribution in [0.25, 0.3) is 0 Å². The first kappa shape index (κ1) is 13.4. The Morgan fingerprint density at radius 1 is 1.44 bits per heavy atom. The summed E-state index contributed by atoms with van der Waals surface area (Å²) in [5.41, 5.74) is 8.44. The van der Waals surface area contributed by atoms with Crippen LogP contribution in [0, 0.1) is 12.8 Å². The molecule has 1 aliphatic heterocycles. The molecule has 0 aliphatic carbocycles. The number of hydrogen-bond acceptors (Lipinski definition) is 3. The number of benzene rings is 1. The summed E-state index contributed by atoms with van der Waals surface area (Å²) in [7, 11) is 1.74. The summed E-state index contributed by atoms with van der Waals surface area (Å²) in [5, 5.41) is 0. The minimum Gasteiger partial charge on any atom is -0.496 e. The van der Waals surface area contributed by atoms with Crippen molar-refractivity contribution in [3.8, 4) is 5.75 Å². The van der Waals surface area contributed by atoms with Gasteiger partial charge < -0.3 is 10.5 Å². The molecule has 2 N–H and O–H groups in total. The maximum atomic E-state index is 5.90. The monoisotopic (exact) mass is 248 g/mol. The third-order valence-corrected chi connectivity index (χ3v) is 4.05. The van der Waals surface area contributed by atoms with Crippen molar-refractivity contribution in [3.63, 3.8) is 0 Å². The Labute approximate surface area is 110 Å². The maximum absolute atomic E-state index is 5.90. The van der Waals surface area contributed by atoms with E-state index in [1.807, 2.05) is 0 Å². The molecule has 3 heteroatoms. The Balaban J connectivity index is 2.16. The number of methoxy groups -OCH3 is 1. The zero-order valence-corrected chi connectivity index (χ0v) is 11.6. The highest BCUT2D eigenvalue weighted by Gasteiger charge is 2.30. The third kappa shape index (κ3) is 2.68. The predicted octanol–water partition coefficient (Wildman–Crippen LogP) is 2.17. The zero-order valence-electron chi connectivity index (χ0n) is 11.6. The van der Waals surface area contributed by atoms with Gasteiger partial charge in [-0.25, -0.2) is 0 Å². The lowest BCUT2D eigenvalue weighted by Crippen LogP contribution is -2.37. The Morgan fingerprint density at radius 2 is 2.22 bits per heavy atom. The van der Waals surface area contributed by atoms with Crippen LogP contribution in [0.4, 0.5) is 0 Å². The Bertz CT molecular complexity index is 405. The van der Waals surface area contributed by atoms with E-state index in [1.165, 1.54) is 17.5 Å². The average Bonchev–Trinajstić information content (AvgIpc) is 2.70. The number of ether oxygens (including phenoxy) is 1. The van der Waals surface area contributed by atoms with Gasteiger partial charge in [-0.05, 0) is 31.9 Å². The molecule has 1 fully saturated rings. The number of aryl methyl sites for hydroxylation is 1. The molecule has 1 saturated heterocycles. The van der Waals surface area contributed by atoms with E-state index in [-0.39, 0.29) is 0 Å². The standard InChI is InChI=1S/C15H24N2O/c1-11-4-5-15(18-3)13(8-11)10-17-7-6-12(2)14(17)9-16/h4-5,8,12,14H,6-7,9-10,16H2,1-3H3. The molecule has 2 unspecified atom stereocenters. The fraction of sp³-hybridized carbons (Fsp3) is 0.600. The number of nitrogens with two attached hydrogens (primary N) is 1. The van der Waals surface area contributed by atoms with E-state index in [2.05, 4.69) is 36.9 Å². The Hall–Kier alpha value is -1.06. The van der Waals surface area contributed by atoms with Gasteiger partial charge in [-0.15, -0.1) is 0 Å². The van der Waals surface area contributed by atoms with Crippen LogP contribution in [0.2, 0.25) is 0 Å². The molecule has 0 amide bonds. The van der Waals surface area contributed by atoms with E-state index >= 15 is 0 Å². The summed E-state index contributed by atoms with van der Waals surface area (Å²) < 4.78 is 5.45. The second kappa shape index (κ2) is 5.72. The molecule has 2 atom stereocenters. The van der Waals surface area contributed by atoms with Gasteiger partial charge in [-0.3, -0.25) is 4.90 Å². The van der Waals surface area contributed by atoms with Crippen LogP contribution in [-0.2, 0) is 6.54 Å². The molecule has 0 aromatic heterocycles. The van der Waals surface area contributed by atoms with Crippen LogP contribution in [0.15, 0.2) is 18.2 Å². The molecule has 0 bridgehead atoms. The van der Waals surface area contributed by atoms with Crippen molar-refractivity contribution in [2.24, 2.45) is 11.7 Å². The van der Waals surface area contributed by atoms with E-state index in [0.717, 1.165) is 25.4 Å². The van der Waals surface area contributed by atoms with Crippen molar-refractivity contribution < 1.29 is 4.74 Å². The number of nitrogens with zero attached hydrogens (tertiary/aromatic N) is 1. The Morgan fingerprint density at radius 3 is 2.89 bits per heavy atom. The third-order valence-electron chi connectivity index (χ3n) is 4.05.